The van der Waals surface area contributed by atoms with Gasteiger partial charge in [0.15, 0.2) is 0 Å². The minimum Gasteiger partial charge on any atom is -0.497 e. The van der Waals surface area contributed by atoms with Gasteiger partial charge in [-0.25, -0.2) is 0 Å². The third-order valence-electron chi connectivity index (χ3n) is 2.78. The van der Waals surface area contributed by atoms with Crippen molar-refractivity contribution in [3.05, 3.63) is 24.3 Å². The predicted molar refractivity (Wildman–Crippen MR) is 69.9 cm³/mol. The Hall–Kier alpha value is -0.930. The highest BCUT2D eigenvalue weighted by molar-refractivity contribution is 5.85. The van der Waals surface area contributed by atoms with Crippen LogP contribution in [0.1, 0.15) is 6.42 Å². The lowest BCUT2D eigenvalue weighted by molar-refractivity contribution is 0.415. The molecular weight excluding hydrogens is 224 g/mol. The summed E-state index contributed by atoms with van der Waals surface area (Å²) >= 11 is 0. The standard InChI is InChI=1S/C12H18N2O.ClH/c1-15-12-5-3-11(4-6-12)14-9-2-7-13-8-10-14;/h3-6,13H,2,7-10H2,1H3;1H. The van der Waals surface area contributed by atoms with Gasteiger partial charge in [-0.05, 0) is 37.2 Å². The number of benzene rings is 1. The molecule has 1 aromatic rings. The lowest BCUT2D eigenvalue weighted by Crippen LogP contribution is -2.27. The molecule has 1 N–H and O–H groups in total. The molecular formula is C12H19ClN2O. The first-order valence-corrected chi connectivity index (χ1v) is 5.50. The molecule has 1 aromatic carbocycles. The fraction of sp³-hybridized carbons (Fsp3) is 0.500. The first-order chi connectivity index (χ1) is 7.40. The van der Waals surface area contributed by atoms with Crippen LogP contribution in [-0.4, -0.2) is 33.3 Å². The summed E-state index contributed by atoms with van der Waals surface area (Å²) in [4.78, 5) is 2.42. The molecule has 0 atom stereocenters. The van der Waals surface area contributed by atoms with Crippen LogP contribution in [0.3, 0.4) is 0 Å². The maximum Gasteiger partial charge on any atom is 0.119 e. The van der Waals surface area contributed by atoms with Crippen molar-refractivity contribution in [3.8, 4) is 5.75 Å². The maximum atomic E-state index is 5.15. The van der Waals surface area contributed by atoms with E-state index in [0.717, 1.165) is 31.9 Å². The van der Waals surface area contributed by atoms with Gasteiger partial charge in [0.1, 0.15) is 5.75 Å². The van der Waals surface area contributed by atoms with Crippen molar-refractivity contribution in [1.82, 2.24) is 5.32 Å². The first-order valence-electron chi connectivity index (χ1n) is 5.50. The van der Waals surface area contributed by atoms with E-state index in [4.69, 9.17) is 4.74 Å². The van der Waals surface area contributed by atoms with E-state index in [2.05, 4.69) is 22.3 Å². The second kappa shape index (κ2) is 6.61. The molecule has 0 aromatic heterocycles. The summed E-state index contributed by atoms with van der Waals surface area (Å²) in [7, 11) is 1.70. The maximum absolute atomic E-state index is 5.15. The van der Waals surface area contributed by atoms with Crippen molar-refractivity contribution in [2.45, 2.75) is 6.42 Å². The lowest BCUT2D eigenvalue weighted by atomic mass is 10.2. The van der Waals surface area contributed by atoms with Gasteiger partial charge in [-0.2, -0.15) is 0 Å². The number of rotatable bonds is 2. The van der Waals surface area contributed by atoms with Crippen molar-refractivity contribution < 1.29 is 4.74 Å². The third kappa shape index (κ3) is 3.29. The lowest BCUT2D eigenvalue weighted by Gasteiger charge is -2.22. The van der Waals surface area contributed by atoms with Gasteiger partial charge in [0.25, 0.3) is 0 Å². The average molecular weight is 243 g/mol. The third-order valence-corrected chi connectivity index (χ3v) is 2.78. The molecule has 1 aliphatic heterocycles. The summed E-state index contributed by atoms with van der Waals surface area (Å²) in [6.07, 6.45) is 1.21. The number of anilines is 1. The summed E-state index contributed by atoms with van der Waals surface area (Å²) in [5.74, 6) is 0.923. The predicted octanol–water partition coefficient (Wildman–Crippen LogP) is 1.92. The molecule has 1 saturated heterocycles. The van der Waals surface area contributed by atoms with Gasteiger partial charge >= 0.3 is 0 Å². The first kappa shape index (κ1) is 13.1. The molecule has 0 aliphatic carbocycles. The number of methoxy groups -OCH3 is 1. The number of hydrogen-bond donors (Lipinski definition) is 1. The van der Waals surface area contributed by atoms with E-state index < -0.39 is 0 Å². The van der Waals surface area contributed by atoms with Gasteiger partial charge in [0, 0.05) is 25.3 Å². The van der Waals surface area contributed by atoms with E-state index in [1.807, 2.05) is 12.1 Å². The zero-order chi connectivity index (χ0) is 10.5. The fourth-order valence-electron chi connectivity index (χ4n) is 1.90. The number of hydrogen-bond acceptors (Lipinski definition) is 3. The van der Waals surface area contributed by atoms with Crippen LogP contribution in [0.2, 0.25) is 0 Å². The van der Waals surface area contributed by atoms with Crippen LogP contribution >= 0.6 is 12.4 Å². The number of ether oxygens (including phenoxy) is 1. The molecule has 1 heterocycles. The van der Waals surface area contributed by atoms with Crippen molar-refractivity contribution >= 4 is 18.1 Å². The Morgan fingerprint density at radius 2 is 1.88 bits per heavy atom. The quantitative estimate of drug-likeness (QED) is 0.858. The summed E-state index contributed by atoms with van der Waals surface area (Å²) in [6, 6.07) is 8.30. The molecule has 0 unspecified atom stereocenters. The van der Waals surface area contributed by atoms with Gasteiger partial charge in [0.05, 0.1) is 7.11 Å². The Labute approximate surface area is 103 Å². The molecule has 0 bridgehead atoms. The minimum absolute atomic E-state index is 0. The molecule has 0 saturated carbocycles. The number of nitrogens with zero attached hydrogens (tertiary/aromatic N) is 1. The Morgan fingerprint density at radius 1 is 1.12 bits per heavy atom. The van der Waals surface area contributed by atoms with Crippen molar-refractivity contribution in [3.63, 3.8) is 0 Å². The summed E-state index contributed by atoms with van der Waals surface area (Å²) in [6.45, 7) is 4.43. The van der Waals surface area contributed by atoms with E-state index in [0.29, 0.717) is 0 Å². The molecule has 1 aliphatic rings. The zero-order valence-electron chi connectivity index (χ0n) is 9.61. The van der Waals surface area contributed by atoms with Crippen molar-refractivity contribution in [1.29, 1.82) is 0 Å². The van der Waals surface area contributed by atoms with Gasteiger partial charge in [-0.15, -0.1) is 12.4 Å². The second-order valence-corrected chi connectivity index (χ2v) is 3.79. The van der Waals surface area contributed by atoms with Crippen LogP contribution in [0.4, 0.5) is 5.69 Å². The van der Waals surface area contributed by atoms with Gasteiger partial charge in [-0.1, -0.05) is 0 Å². The minimum atomic E-state index is 0. The summed E-state index contributed by atoms with van der Waals surface area (Å²) < 4.78 is 5.15. The van der Waals surface area contributed by atoms with Crippen LogP contribution in [0, 0.1) is 0 Å². The molecule has 4 heteroatoms. The highest BCUT2D eigenvalue weighted by atomic mass is 35.5. The highest BCUT2D eigenvalue weighted by Crippen LogP contribution is 2.19. The van der Waals surface area contributed by atoms with Crippen LogP contribution < -0.4 is 15.0 Å². The van der Waals surface area contributed by atoms with E-state index in [1.54, 1.807) is 7.11 Å². The van der Waals surface area contributed by atoms with E-state index in [1.165, 1.54) is 12.1 Å². The second-order valence-electron chi connectivity index (χ2n) is 3.79. The summed E-state index contributed by atoms with van der Waals surface area (Å²) in [5, 5.41) is 3.40. The Morgan fingerprint density at radius 3 is 2.56 bits per heavy atom. The Kier molecular flexibility index (Phi) is 5.43. The SMILES string of the molecule is COc1ccc(N2CCCNCC2)cc1.Cl. The molecule has 16 heavy (non-hydrogen) atoms. The molecule has 3 nitrogen and oxygen atoms in total. The van der Waals surface area contributed by atoms with Gasteiger partial charge < -0.3 is 15.0 Å². The normalized spacial score (nSPS) is 16.2. The molecule has 2 rings (SSSR count). The molecule has 0 spiro atoms. The largest absolute Gasteiger partial charge is 0.497 e. The smallest absolute Gasteiger partial charge is 0.119 e. The van der Waals surface area contributed by atoms with Gasteiger partial charge in [-0.3, -0.25) is 0 Å². The molecule has 90 valence electrons. The summed E-state index contributed by atoms with van der Waals surface area (Å²) in [5.41, 5.74) is 1.29. The van der Waals surface area contributed by atoms with Crippen LogP contribution in [0.5, 0.6) is 5.75 Å². The van der Waals surface area contributed by atoms with Gasteiger partial charge in [0.2, 0.25) is 0 Å². The molecule has 0 amide bonds. The van der Waals surface area contributed by atoms with E-state index in [-0.39, 0.29) is 12.4 Å². The Balaban J connectivity index is 0.00000128. The Bertz CT molecular complexity index is 294. The van der Waals surface area contributed by atoms with Crippen molar-refractivity contribution in [2.75, 3.05) is 38.2 Å². The fourth-order valence-corrected chi connectivity index (χ4v) is 1.90. The monoisotopic (exact) mass is 242 g/mol. The molecule has 0 radical (unpaired) electrons. The highest BCUT2D eigenvalue weighted by Gasteiger charge is 2.08. The van der Waals surface area contributed by atoms with Crippen LogP contribution in [0.25, 0.3) is 0 Å². The average Bonchev–Trinajstić information content (AvgIpc) is 2.58. The number of halogens is 1. The molecule has 1 fully saturated rings. The van der Waals surface area contributed by atoms with Crippen molar-refractivity contribution in [2.24, 2.45) is 0 Å². The van der Waals surface area contributed by atoms with E-state index >= 15 is 0 Å². The topological polar surface area (TPSA) is 24.5 Å². The number of nitrogens with one attached hydrogen (secondary N) is 1. The van der Waals surface area contributed by atoms with Crippen LogP contribution in [-0.2, 0) is 0 Å². The van der Waals surface area contributed by atoms with E-state index in [9.17, 15) is 0 Å². The zero-order valence-corrected chi connectivity index (χ0v) is 10.4. The van der Waals surface area contributed by atoms with Crippen LogP contribution in [0.15, 0.2) is 24.3 Å².